The molecule has 0 aliphatic carbocycles. The molecule has 0 spiro atoms. The van der Waals surface area contributed by atoms with Crippen molar-refractivity contribution >= 4 is 20.2 Å². The number of rotatable bonds is 0. The highest BCUT2D eigenvalue weighted by atomic mass is 31.1. The van der Waals surface area contributed by atoms with Crippen LogP contribution in [-0.4, -0.2) is 21.8 Å². The number of carboxylic acid groups (broad SMARTS) is 1. The van der Waals surface area contributed by atoms with E-state index in [2.05, 4.69) is 4.84 Å². The minimum Gasteiger partial charge on any atom is -0.462 e. The average molecular weight is 145 g/mol. The molecule has 5 heteroatoms. The molecule has 0 radical (unpaired) electrons. The molecule has 4 nitrogen and oxygen atoms in total. The van der Waals surface area contributed by atoms with Gasteiger partial charge in [0.1, 0.15) is 6.26 Å². The van der Waals surface area contributed by atoms with Gasteiger partial charge in [-0.25, -0.2) is 4.79 Å². The first-order valence-electron chi connectivity index (χ1n) is 2.19. The maximum Gasteiger partial charge on any atom is 0.448 e. The van der Waals surface area contributed by atoms with Crippen molar-refractivity contribution in [1.82, 2.24) is 4.83 Å². The zero-order valence-corrected chi connectivity index (χ0v) is 5.28. The number of hydroxylamine groups is 1. The predicted molar refractivity (Wildman–Crippen MR) is 33.1 cm³/mol. The summed E-state index contributed by atoms with van der Waals surface area (Å²) in [5.74, 6) is 1.66. The molecule has 0 aromatic rings. The van der Waals surface area contributed by atoms with E-state index in [1.165, 1.54) is 6.26 Å². The Bertz CT molecular complexity index is 177. The largest absolute Gasteiger partial charge is 0.462 e. The fourth-order valence-corrected chi connectivity index (χ4v) is 0.825. The van der Waals surface area contributed by atoms with Crippen molar-refractivity contribution in [3.05, 3.63) is 12.3 Å². The number of carbonyl (C=O) groups is 1. The molecule has 0 fully saturated rings. The molecular formula is C4H4NO3P. The third-order valence-electron chi connectivity index (χ3n) is 0.661. The molecule has 1 amide bonds. The highest BCUT2D eigenvalue weighted by Gasteiger charge is 2.08. The third kappa shape index (κ3) is 1.44. The summed E-state index contributed by atoms with van der Waals surface area (Å²) < 4.78 is 0. The standard InChI is InChI=1S/C4H4NO3P/c6-4(7)5-8-2-1-3-9-5/h1-3H,(H,6,7). The molecule has 0 saturated carbocycles. The lowest BCUT2D eigenvalue weighted by atomic mass is 10.7. The Morgan fingerprint density at radius 3 is 2.89 bits per heavy atom. The van der Waals surface area contributed by atoms with Crippen LogP contribution in [0, 0.1) is 0 Å². The molecule has 48 valence electrons. The van der Waals surface area contributed by atoms with Gasteiger partial charge in [0, 0.05) is 0 Å². The second kappa shape index (κ2) is 2.51. The minimum absolute atomic E-state index is 0.522. The van der Waals surface area contributed by atoms with E-state index in [4.69, 9.17) is 5.11 Å². The summed E-state index contributed by atoms with van der Waals surface area (Å²) in [6.07, 6.45) is 1.86. The van der Waals surface area contributed by atoms with Gasteiger partial charge in [-0.2, -0.15) is 0 Å². The molecular weight excluding hydrogens is 141 g/mol. The van der Waals surface area contributed by atoms with Gasteiger partial charge >= 0.3 is 6.09 Å². The molecule has 1 aliphatic heterocycles. The summed E-state index contributed by atoms with van der Waals surface area (Å²) in [6.45, 7) is 0. The Kier molecular flexibility index (Phi) is 1.70. The maximum atomic E-state index is 10.1. The van der Waals surface area contributed by atoms with Crippen LogP contribution in [0.25, 0.3) is 0 Å². The van der Waals surface area contributed by atoms with Crippen molar-refractivity contribution in [3.8, 4) is 0 Å². The quantitative estimate of drug-likeness (QED) is 0.519. The van der Waals surface area contributed by atoms with Crippen LogP contribution in [-0.2, 0) is 4.84 Å². The van der Waals surface area contributed by atoms with Crippen molar-refractivity contribution in [2.45, 2.75) is 0 Å². The summed E-state index contributed by atoms with van der Waals surface area (Å²) in [4.78, 5) is 15.4. The minimum atomic E-state index is -1.09. The molecule has 1 N–H and O–H groups in total. The molecule has 0 bridgehead atoms. The van der Waals surface area contributed by atoms with E-state index in [1.54, 1.807) is 11.9 Å². The van der Waals surface area contributed by atoms with Crippen LogP contribution in [0.1, 0.15) is 0 Å². The average Bonchev–Trinajstić information content (AvgIpc) is 1.90. The van der Waals surface area contributed by atoms with E-state index in [9.17, 15) is 4.79 Å². The molecule has 0 saturated heterocycles. The topological polar surface area (TPSA) is 49.8 Å². The maximum absolute atomic E-state index is 10.1. The number of hydrogen-bond donors (Lipinski definition) is 1. The van der Waals surface area contributed by atoms with E-state index >= 15 is 0 Å². The van der Waals surface area contributed by atoms with Gasteiger partial charge in [-0.15, -0.1) is 0 Å². The molecule has 0 atom stereocenters. The molecule has 0 aromatic carbocycles. The first kappa shape index (κ1) is 6.11. The normalized spacial score (nSPS) is 17.1. The van der Waals surface area contributed by atoms with Gasteiger partial charge in [0.2, 0.25) is 0 Å². The van der Waals surface area contributed by atoms with Crippen molar-refractivity contribution in [2.24, 2.45) is 0 Å². The van der Waals surface area contributed by atoms with Crippen LogP contribution in [0.3, 0.4) is 0 Å². The van der Waals surface area contributed by atoms with Crippen LogP contribution in [0.2, 0.25) is 0 Å². The van der Waals surface area contributed by atoms with Crippen molar-refractivity contribution in [1.29, 1.82) is 0 Å². The summed E-state index contributed by atoms with van der Waals surface area (Å²) in [5, 5.41) is 8.28. The van der Waals surface area contributed by atoms with E-state index in [1.807, 2.05) is 0 Å². The van der Waals surface area contributed by atoms with E-state index < -0.39 is 6.09 Å². The molecule has 1 heterocycles. The first-order valence-corrected chi connectivity index (χ1v) is 3.11. The third-order valence-corrected chi connectivity index (χ3v) is 1.44. The summed E-state index contributed by atoms with van der Waals surface area (Å²) in [7, 11) is 0.522. The zero-order valence-electron chi connectivity index (χ0n) is 4.39. The lowest BCUT2D eigenvalue weighted by Crippen LogP contribution is -2.18. The number of hydrogen-bond acceptors (Lipinski definition) is 2. The van der Waals surface area contributed by atoms with Crippen molar-refractivity contribution < 1.29 is 14.7 Å². The lowest BCUT2D eigenvalue weighted by molar-refractivity contribution is 0.00610. The Hall–Kier alpha value is -1.02. The van der Waals surface area contributed by atoms with Gasteiger partial charge in [0.25, 0.3) is 0 Å². The Labute approximate surface area is 53.2 Å². The number of nitrogens with zero attached hydrogens (tertiary/aromatic N) is 1. The fraction of sp³-hybridized carbons (Fsp3) is 0. The van der Waals surface area contributed by atoms with Crippen LogP contribution in [0.4, 0.5) is 4.79 Å². The molecule has 0 unspecified atom stereocenters. The first-order chi connectivity index (χ1) is 4.30. The van der Waals surface area contributed by atoms with Gasteiger partial charge in [-0.05, 0) is 11.9 Å². The summed E-state index contributed by atoms with van der Waals surface area (Å²) >= 11 is 0. The molecule has 1 aliphatic rings. The highest BCUT2D eigenvalue weighted by molar-refractivity contribution is 7.37. The van der Waals surface area contributed by atoms with Gasteiger partial charge in [0.05, 0.1) is 8.35 Å². The highest BCUT2D eigenvalue weighted by Crippen LogP contribution is 2.10. The van der Waals surface area contributed by atoms with E-state index in [-0.39, 0.29) is 0 Å². The zero-order chi connectivity index (χ0) is 6.69. The van der Waals surface area contributed by atoms with Gasteiger partial charge < -0.3 is 9.94 Å². The van der Waals surface area contributed by atoms with Crippen LogP contribution >= 0.6 is 8.35 Å². The SMILES string of the molecule is O=C(O)N1OC=CC=P1. The summed E-state index contributed by atoms with van der Waals surface area (Å²) in [6, 6.07) is 0. The predicted octanol–water partition coefficient (Wildman–Crippen LogP) is 1.09. The monoisotopic (exact) mass is 145 g/mol. The smallest absolute Gasteiger partial charge is 0.448 e. The molecule has 0 aromatic heterocycles. The second-order valence-electron chi connectivity index (χ2n) is 1.25. The van der Waals surface area contributed by atoms with Crippen molar-refractivity contribution in [3.63, 3.8) is 0 Å². The van der Waals surface area contributed by atoms with Crippen LogP contribution in [0.5, 0.6) is 0 Å². The molecule has 1 rings (SSSR count). The Morgan fingerprint density at radius 1 is 1.78 bits per heavy atom. The Morgan fingerprint density at radius 2 is 2.56 bits per heavy atom. The van der Waals surface area contributed by atoms with Gasteiger partial charge in [-0.1, -0.05) is 4.83 Å². The van der Waals surface area contributed by atoms with E-state index in [0.717, 1.165) is 4.83 Å². The van der Waals surface area contributed by atoms with Gasteiger partial charge in [0.15, 0.2) is 0 Å². The number of amides is 1. The van der Waals surface area contributed by atoms with Crippen LogP contribution in [0.15, 0.2) is 12.3 Å². The fourth-order valence-electron chi connectivity index (χ4n) is 0.349. The second-order valence-corrected chi connectivity index (χ2v) is 2.15. The van der Waals surface area contributed by atoms with E-state index in [0.29, 0.717) is 8.35 Å². The lowest BCUT2D eigenvalue weighted by Gasteiger charge is -2.11. The molecule has 9 heavy (non-hydrogen) atoms. The van der Waals surface area contributed by atoms with Crippen LogP contribution < -0.4 is 0 Å². The summed E-state index contributed by atoms with van der Waals surface area (Å²) in [5.41, 5.74) is 0. The number of allylic oxidation sites excluding steroid dienone is 1. The van der Waals surface area contributed by atoms with Gasteiger partial charge in [-0.3, -0.25) is 0 Å². The van der Waals surface area contributed by atoms with Crippen molar-refractivity contribution in [2.75, 3.05) is 0 Å². The Balaban J connectivity index is 2.56.